The van der Waals surface area contributed by atoms with E-state index in [0.29, 0.717) is 33.3 Å². The summed E-state index contributed by atoms with van der Waals surface area (Å²) in [5.74, 6) is -1.12. The molecule has 1 saturated carbocycles. The molecule has 2 unspecified atom stereocenters. The zero-order valence-corrected chi connectivity index (χ0v) is 17.2. The van der Waals surface area contributed by atoms with E-state index in [4.69, 9.17) is 23.2 Å². The van der Waals surface area contributed by atoms with E-state index in [1.54, 1.807) is 42.5 Å². The van der Waals surface area contributed by atoms with Gasteiger partial charge in [0, 0.05) is 12.5 Å². The molecule has 29 heavy (non-hydrogen) atoms. The Labute approximate surface area is 179 Å². The van der Waals surface area contributed by atoms with Gasteiger partial charge in [-0.25, -0.2) is 0 Å². The van der Waals surface area contributed by atoms with Crippen molar-refractivity contribution in [3.63, 3.8) is 0 Å². The van der Waals surface area contributed by atoms with Crippen molar-refractivity contribution in [2.24, 2.45) is 11.8 Å². The van der Waals surface area contributed by atoms with Crippen LogP contribution in [0, 0.1) is 11.8 Å². The SMILES string of the molecule is O=C(Nc1cccc(Cl)c1Cl)C1CCCCC1CN1C(=O)c2ccccc2C1=O. The number of benzene rings is 2. The molecule has 2 aliphatic rings. The largest absolute Gasteiger partial charge is 0.324 e. The van der Waals surface area contributed by atoms with Crippen molar-refractivity contribution in [2.75, 3.05) is 11.9 Å². The van der Waals surface area contributed by atoms with Crippen LogP contribution in [0.15, 0.2) is 42.5 Å². The van der Waals surface area contributed by atoms with Gasteiger partial charge in [-0.1, -0.05) is 54.2 Å². The lowest BCUT2D eigenvalue weighted by atomic mass is 9.78. The highest BCUT2D eigenvalue weighted by Crippen LogP contribution is 2.35. The highest BCUT2D eigenvalue weighted by Gasteiger charge is 2.40. The number of rotatable bonds is 4. The number of anilines is 1. The van der Waals surface area contributed by atoms with Crippen molar-refractivity contribution >= 4 is 46.6 Å². The van der Waals surface area contributed by atoms with Gasteiger partial charge in [-0.2, -0.15) is 0 Å². The monoisotopic (exact) mass is 430 g/mol. The molecule has 150 valence electrons. The Hall–Kier alpha value is -2.37. The van der Waals surface area contributed by atoms with Crippen LogP contribution >= 0.6 is 23.2 Å². The maximum atomic E-state index is 13.0. The lowest BCUT2D eigenvalue weighted by Crippen LogP contribution is -2.41. The fraction of sp³-hybridized carbons (Fsp3) is 0.318. The van der Waals surface area contributed by atoms with Gasteiger partial charge < -0.3 is 5.32 Å². The number of hydrogen-bond acceptors (Lipinski definition) is 3. The van der Waals surface area contributed by atoms with Crippen LogP contribution in [0.5, 0.6) is 0 Å². The maximum absolute atomic E-state index is 13.0. The van der Waals surface area contributed by atoms with Gasteiger partial charge in [0.05, 0.1) is 26.9 Å². The smallest absolute Gasteiger partial charge is 0.261 e. The van der Waals surface area contributed by atoms with Gasteiger partial charge in [0.1, 0.15) is 0 Å². The van der Waals surface area contributed by atoms with Crippen LogP contribution in [-0.4, -0.2) is 29.2 Å². The summed E-state index contributed by atoms with van der Waals surface area (Å²) < 4.78 is 0. The molecule has 0 aromatic heterocycles. The third kappa shape index (κ3) is 3.77. The van der Waals surface area contributed by atoms with E-state index in [2.05, 4.69) is 5.32 Å². The number of amides is 3. The number of halogens is 2. The molecular formula is C22H20Cl2N2O3. The molecule has 0 spiro atoms. The number of fused-ring (bicyclic) bond motifs is 1. The van der Waals surface area contributed by atoms with Crippen LogP contribution in [-0.2, 0) is 4.79 Å². The maximum Gasteiger partial charge on any atom is 0.261 e. The van der Waals surface area contributed by atoms with E-state index in [-0.39, 0.29) is 36.1 Å². The summed E-state index contributed by atoms with van der Waals surface area (Å²) in [5, 5.41) is 3.54. The predicted molar refractivity (Wildman–Crippen MR) is 112 cm³/mol. The third-order valence-corrected chi connectivity index (χ3v) is 6.57. The molecule has 1 N–H and O–H groups in total. The first-order valence-electron chi connectivity index (χ1n) is 9.67. The fourth-order valence-corrected chi connectivity index (χ4v) is 4.58. The minimum atomic E-state index is -0.303. The van der Waals surface area contributed by atoms with Crippen molar-refractivity contribution in [3.8, 4) is 0 Å². The molecular weight excluding hydrogens is 411 g/mol. The molecule has 1 aliphatic heterocycles. The van der Waals surface area contributed by atoms with Crippen molar-refractivity contribution in [3.05, 3.63) is 63.6 Å². The second kappa shape index (κ2) is 8.17. The van der Waals surface area contributed by atoms with Crippen molar-refractivity contribution in [1.29, 1.82) is 0 Å². The Bertz CT molecular complexity index is 957. The summed E-state index contributed by atoms with van der Waals surface area (Å²) in [7, 11) is 0. The average Bonchev–Trinajstić information content (AvgIpc) is 2.97. The van der Waals surface area contributed by atoms with E-state index in [1.165, 1.54) is 4.90 Å². The molecule has 0 radical (unpaired) electrons. The molecule has 3 amide bonds. The van der Waals surface area contributed by atoms with Crippen molar-refractivity contribution < 1.29 is 14.4 Å². The van der Waals surface area contributed by atoms with Crippen molar-refractivity contribution in [2.45, 2.75) is 25.7 Å². The van der Waals surface area contributed by atoms with Gasteiger partial charge in [0.2, 0.25) is 5.91 Å². The molecule has 2 aromatic rings. The first-order valence-corrected chi connectivity index (χ1v) is 10.4. The Kier molecular flexibility index (Phi) is 5.61. The summed E-state index contributed by atoms with van der Waals surface area (Å²) in [4.78, 5) is 39.7. The van der Waals surface area contributed by atoms with Crippen molar-refractivity contribution in [1.82, 2.24) is 4.90 Å². The van der Waals surface area contributed by atoms with Crippen LogP contribution in [0.3, 0.4) is 0 Å². The predicted octanol–water partition coefficient (Wildman–Crippen LogP) is 5.03. The second-order valence-electron chi connectivity index (χ2n) is 7.51. The zero-order chi connectivity index (χ0) is 20.5. The minimum absolute atomic E-state index is 0.0936. The number of hydrogen-bond donors (Lipinski definition) is 1. The second-order valence-corrected chi connectivity index (χ2v) is 8.29. The van der Waals surface area contributed by atoms with Gasteiger partial charge in [-0.05, 0) is 43.0 Å². The molecule has 1 heterocycles. The van der Waals surface area contributed by atoms with Gasteiger partial charge >= 0.3 is 0 Å². The lowest BCUT2D eigenvalue weighted by molar-refractivity contribution is -0.122. The number of nitrogens with one attached hydrogen (secondary N) is 1. The molecule has 2 aromatic carbocycles. The van der Waals surface area contributed by atoms with Crippen LogP contribution in [0.4, 0.5) is 5.69 Å². The van der Waals surface area contributed by atoms with Gasteiger partial charge in [-0.3, -0.25) is 19.3 Å². The molecule has 0 saturated heterocycles. The fourth-order valence-electron chi connectivity index (χ4n) is 4.24. The molecule has 7 heteroatoms. The quantitative estimate of drug-likeness (QED) is 0.691. The standard InChI is InChI=1S/C22H20Cl2N2O3/c23-17-10-5-11-18(19(17)24)25-20(27)14-7-2-1-6-13(14)12-26-21(28)15-8-3-4-9-16(15)22(26)29/h3-5,8-11,13-14H,1-2,6-7,12H2,(H,25,27). The van der Waals surface area contributed by atoms with E-state index in [0.717, 1.165) is 19.3 Å². The average molecular weight is 431 g/mol. The first-order chi connectivity index (χ1) is 14.0. The lowest BCUT2D eigenvalue weighted by Gasteiger charge is -2.32. The highest BCUT2D eigenvalue weighted by atomic mass is 35.5. The third-order valence-electron chi connectivity index (χ3n) is 5.75. The van der Waals surface area contributed by atoms with Crippen LogP contribution in [0.1, 0.15) is 46.4 Å². The first kappa shape index (κ1) is 19.9. The topological polar surface area (TPSA) is 66.5 Å². The van der Waals surface area contributed by atoms with Gasteiger partial charge in [-0.15, -0.1) is 0 Å². The summed E-state index contributed by atoms with van der Waals surface area (Å²) >= 11 is 12.2. The number of nitrogens with zero attached hydrogens (tertiary/aromatic N) is 1. The van der Waals surface area contributed by atoms with Gasteiger partial charge in [0.15, 0.2) is 0 Å². The summed E-state index contributed by atoms with van der Waals surface area (Å²) in [5.41, 5.74) is 1.33. The van der Waals surface area contributed by atoms with Crippen LogP contribution < -0.4 is 5.32 Å². The van der Waals surface area contributed by atoms with Gasteiger partial charge in [0.25, 0.3) is 11.8 Å². The van der Waals surface area contributed by atoms with Crippen LogP contribution in [0.25, 0.3) is 0 Å². The molecule has 2 atom stereocenters. The highest BCUT2D eigenvalue weighted by molar-refractivity contribution is 6.44. The molecule has 1 fully saturated rings. The zero-order valence-electron chi connectivity index (χ0n) is 15.7. The molecule has 0 bridgehead atoms. The van der Waals surface area contributed by atoms with Crippen LogP contribution in [0.2, 0.25) is 10.0 Å². The molecule has 1 aliphatic carbocycles. The summed E-state index contributed by atoms with van der Waals surface area (Å²) in [6, 6.07) is 11.9. The van der Waals surface area contributed by atoms with E-state index < -0.39 is 0 Å². The minimum Gasteiger partial charge on any atom is -0.324 e. The Balaban J connectivity index is 1.51. The molecule has 5 nitrogen and oxygen atoms in total. The number of imide groups is 1. The van der Waals surface area contributed by atoms with E-state index in [1.807, 2.05) is 0 Å². The van der Waals surface area contributed by atoms with E-state index in [9.17, 15) is 14.4 Å². The number of carbonyl (C=O) groups excluding carboxylic acids is 3. The van der Waals surface area contributed by atoms with E-state index >= 15 is 0 Å². The summed E-state index contributed by atoms with van der Waals surface area (Å²) in [6.45, 7) is 0.244. The Morgan fingerprint density at radius 3 is 2.31 bits per heavy atom. The molecule has 4 rings (SSSR count). The number of carbonyl (C=O) groups is 3. The normalized spacial score (nSPS) is 21.2. The summed E-state index contributed by atoms with van der Waals surface area (Å²) in [6.07, 6.45) is 3.39. The Morgan fingerprint density at radius 1 is 0.966 bits per heavy atom. The Morgan fingerprint density at radius 2 is 1.62 bits per heavy atom.